The van der Waals surface area contributed by atoms with Crippen LogP contribution in [-0.2, 0) is 4.79 Å². The summed E-state index contributed by atoms with van der Waals surface area (Å²) in [6.45, 7) is 0.486. The van der Waals surface area contributed by atoms with Crippen molar-refractivity contribution in [3.05, 3.63) is 28.8 Å². The average Bonchev–Trinajstić information content (AvgIpc) is 2.34. The first-order valence-electron chi connectivity index (χ1n) is 5.73. The van der Waals surface area contributed by atoms with Gasteiger partial charge in [-0.25, -0.2) is 0 Å². The van der Waals surface area contributed by atoms with Crippen molar-refractivity contribution in [1.29, 1.82) is 0 Å². The normalized spacial score (nSPS) is 10.1. The van der Waals surface area contributed by atoms with Crippen LogP contribution in [0.4, 0.5) is 0 Å². The lowest BCUT2D eigenvalue weighted by Crippen LogP contribution is -1.99. The van der Waals surface area contributed by atoms with E-state index in [1.807, 2.05) is 0 Å². The monoisotopic (exact) mass is 270 g/mol. The molecule has 0 bridgehead atoms. The van der Waals surface area contributed by atoms with E-state index >= 15 is 0 Å². The van der Waals surface area contributed by atoms with Crippen molar-refractivity contribution in [3.8, 4) is 5.75 Å². The van der Waals surface area contributed by atoms with Crippen LogP contribution < -0.4 is 4.74 Å². The molecule has 1 aromatic carbocycles. The van der Waals surface area contributed by atoms with Crippen LogP contribution in [0.25, 0.3) is 0 Å². The molecule has 0 radical (unpaired) electrons. The Morgan fingerprint density at radius 3 is 2.72 bits per heavy atom. The summed E-state index contributed by atoms with van der Waals surface area (Å²) in [5.41, 5.74) is 0.508. The third-order valence-electron chi connectivity index (χ3n) is 2.38. The number of carbonyl (C=O) groups excluding carboxylic acids is 1. The van der Waals surface area contributed by atoms with E-state index in [-0.39, 0.29) is 6.42 Å². The summed E-state index contributed by atoms with van der Waals surface area (Å²) in [5.74, 6) is -0.232. The predicted molar refractivity (Wildman–Crippen MR) is 68.4 cm³/mol. The molecule has 0 aromatic heterocycles. The summed E-state index contributed by atoms with van der Waals surface area (Å²) in [6.07, 6.45) is 3.14. The summed E-state index contributed by atoms with van der Waals surface area (Å²) in [6, 6.07) is 4.84. The molecule has 0 aliphatic rings. The standard InChI is InChI=1S/C13H15ClO4/c14-11-8-10(9-15)5-6-12(11)18-7-3-1-2-4-13(16)17/h5-6,8-9H,1-4,7H2,(H,16,17). The number of rotatable bonds is 8. The van der Waals surface area contributed by atoms with Gasteiger partial charge in [0.25, 0.3) is 0 Å². The molecule has 0 saturated carbocycles. The minimum Gasteiger partial charge on any atom is -0.492 e. The number of benzene rings is 1. The third-order valence-corrected chi connectivity index (χ3v) is 2.68. The Kier molecular flexibility index (Phi) is 6.22. The fourth-order valence-corrected chi connectivity index (χ4v) is 1.69. The van der Waals surface area contributed by atoms with Crippen LogP contribution >= 0.6 is 11.6 Å². The van der Waals surface area contributed by atoms with Gasteiger partial charge < -0.3 is 9.84 Å². The number of carbonyl (C=O) groups is 2. The molecule has 0 spiro atoms. The Balaban J connectivity index is 2.27. The molecule has 0 saturated heterocycles. The first-order valence-corrected chi connectivity index (χ1v) is 6.10. The number of halogens is 1. The van der Waals surface area contributed by atoms with Crippen molar-refractivity contribution in [2.75, 3.05) is 6.61 Å². The van der Waals surface area contributed by atoms with Gasteiger partial charge in [0.1, 0.15) is 12.0 Å². The van der Waals surface area contributed by atoms with Crippen molar-refractivity contribution in [1.82, 2.24) is 0 Å². The number of carboxylic acid groups (broad SMARTS) is 1. The fraction of sp³-hybridized carbons (Fsp3) is 0.385. The van der Waals surface area contributed by atoms with E-state index in [0.29, 0.717) is 29.4 Å². The van der Waals surface area contributed by atoms with E-state index in [1.165, 1.54) is 0 Å². The van der Waals surface area contributed by atoms with Crippen LogP contribution in [0, 0.1) is 0 Å². The van der Waals surface area contributed by atoms with Gasteiger partial charge in [-0.2, -0.15) is 0 Å². The molecule has 1 rings (SSSR count). The largest absolute Gasteiger partial charge is 0.492 e. The van der Waals surface area contributed by atoms with Crippen molar-refractivity contribution in [3.63, 3.8) is 0 Å². The lowest BCUT2D eigenvalue weighted by molar-refractivity contribution is -0.137. The quantitative estimate of drug-likeness (QED) is 0.582. The van der Waals surface area contributed by atoms with Gasteiger partial charge in [-0.3, -0.25) is 9.59 Å². The highest BCUT2D eigenvalue weighted by Crippen LogP contribution is 2.25. The molecular formula is C13H15ClO4. The van der Waals surface area contributed by atoms with Crippen LogP contribution in [-0.4, -0.2) is 24.0 Å². The highest BCUT2D eigenvalue weighted by molar-refractivity contribution is 6.32. The van der Waals surface area contributed by atoms with Gasteiger partial charge in [-0.1, -0.05) is 11.6 Å². The second kappa shape index (κ2) is 7.71. The summed E-state index contributed by atoms with van der Waals surface area (Å²) in [7, 11) is 0. The highest BCUT2D eigenvalue weighted by Gasteiger charge is 2.03. The van der Waals surface area contributed by atoms with E-state index in [4.69, 9.17) is 21.4 Å². The van der Waals surface area contributed by atoms with Crippen LogP contribution in [0.15, 0.2) is 18.2 Å². The van der Waals surface area contributed by atoms with Gasteiger partial charge in [0.2, 0.25) is 0 Å². The maximum atomic E-state index is 10.5. The summed E-state index contributed by atoms with van der Waals surface area (Å²) < 4.78 is 5.45. The number of unbranched alkanes of at least 4 members (excludes halogenated alkanes) is 2. The number of hydrogen-bond acceptors (Lipinski definition) is 3. The summed E-state index contributed by atoms with van der Waals surface area (Å²) in [5, 5.41) is 8.86. The van der Waals surface area contributed by atoms with Gasteiger partial charge in [0, 0.05) is 12.0 Å². The topological polar surface area (TPSA) is 63.6 Å². The molecule has 0 unspecified atom stereocenters. The Bertz CT molecular complexity index is 417. The second-order valence-electron chi connectivity index (χ2n) is 3.86. The Morgan fingerprint density at radius 1 is 1.33 bits per heavy atom. The molecule has 0 fully saturated rings. The molecule has 18 heavy (non-hydrogen) atoms. The highest BCUT2D eigenvalue weighted by atomic mass is 35.5. The first-order chi connectivity index (χ1) is 8.63. The molecule has 0 aliphatic carbocycles. The second-order valence-corrected chi connectivity index (χ2v) is 4.27. The number of aliphatic carboxylic acids is 1. The maximum absolute atomic E-state index is 10.5. The Hall–Kier alpha value is -1.55. The number of ether oxygens (including phenoxy) is 1. The molecule has 1 aromatic rings. The minimum atomic E-state index is -0.775. The molecule has 98 valence electrons. The van der Waals surface area contributed by atoms with Crippen molar-refractivity contribution in [2.24, 2.45) is 0 Å². The Morgan fingerprint density at radius 2 is 2.11 bits per heavy atom. The lowest BCUT2D eigenvalue weighted by Gasteiger charge is -2.07. The van der Waals surface area contributed by atoms with Gasteiger partial charge in [0.05, 0.1) is 11.6 Å². The lowest BCUT2D eigenvalue weighted by atomic mass is 10.2. The van der Waals surface area contributed by atoms with E-state index in [2.05, 4.69) is 0 Å². The van der Waals surface area contributed by atoms with Gasteiger partial charge in [0.15, 0.2) is 0 Å². The molecule has 5 heteroatoms. The van der Waals surface area contributed by atoms with Gasteiger partial charge in [-0.05, 0) is 37.5 Å². The third kappa shape index (κ3) is 5.19. The molecule has 0 atom stereocenters. The molecule has 1 N–H and O–H groups in total. The van der Waals surface area contributed by atoms with Crippen molar-refractivity contribution in [2.45, 2.75) is 25.7 Å². The zero-order chi connectivity index (χ0) is 13.4. The maximum Gasteiger partial charge on any atom is 0.303 e. The fourth-order valence-electron chi connectivity index (χ4n) is 1.44. The van der Waals surface area contributed by atoms with Crippen LogP contribution in [0.5, 0.6) is 5.75 Å². The summed E-state index contributed by atoms with van der Waals surface area (Å²) in [4.78, 5) is 20.8. The zero-order valence-electron chi connectivity index (χ0n) is 9.89. The number of hydrogen-bond donors (Lipinski definition) is 1. The Labute approximate surface area is 111 Å². The van der Waals surface area contributed by atoms with Crippen molar-refractivity contribution >= 4 is 23.9 Å². The summed E-state index contributed by atoms with van der Waals surface area (Å²) >= 11 is 5.93. The van der Waals surface area contributed by atoms with E-state index in [0.717, 1.165) is 19.1 Å². The molecule has 4 nitrogen and oxygen atoms in total. The average molecular weight is 271 g/mol. The predicted octanol–water partition coefficient (Wildman–Crippen LogP) is 3.18. The van der Waals surface area contributed by atoms with Gasteiger partial charge in [-0.15, -0.1) is 0 Å². The molecule has 0 amide bonds. The van der Waals surface area contributed by atoms with Crippen molar-refractivity contribution < 1.29 is 19.4 Å². The minimum absolute atomic E-state index is 0.189. The van der Waals surface area contributed by atoms with Gasteiger partial charge >= 0.3 is 5.97 Å². The molecule has 0 heterocycles. The van der Waals surface area contributed by atoms with E-state index in [9.17, 15) is 9.59 Å². The smallest absolute Gasteiger partial charge is 0.303 e. The molecular weight excluding hydrogens is 256 g/mol. The first kappa shape index (κ1) is 14.5. The molecule has 0 aliphatic heterocycles. The number of carboxylic acids is 1. The van der Waals surface area contributed by atoms with Crippen LogP contribution in [0.3, 0.4) is 0 Å². The van der Waals surface area contributed by atoms with E-state index in [1.54, 1.807) is 18.2 Å². The van der Waals surface area contributed by atoms with Crippen LogP contribution in [0.2, 0.25) is 5.02 Å². The van der Waals surface area contributed by atoms with Crippen LogP contribution in [0.1, 0.15) is 36.0 Å². The number of aldehydes is 1. The zero-order valence-corrected chi connectivity index (χ0v) is 10.7. The SMILES string of the molecule is O=Cc1ccc(OCCCCCC(=O)O)c(Cl)c1. The van der Waals surface area contributed by atoms with E-state index < -0.39 is 5.97 Å².